The van der Waals surface area contributed by atoms with E-state index in [0.29, 0.717) is 18.0 Å². The molecule has 3 nitrogen and oxygen atoms in total. The van der Waals surface area contributed by atoms with E-state index in [1.54, 1.807) is 0 Å². The van der Waals surface area contributed by atoms with Crippen molar-refractivity contribution in [3.63, 3.8) is 0 Å². The fourth-order valence-electron chi connectivity index (χ4n) is 2.56. The van der Waals surface area contributed by atoms with E-state index in [4.69, 9.17) is 5.73 Å². The lowest BCUT2D eigenvalue weighted by molar-refractivity contribution is 0.0760. The number of carbonyl (C=O) groups excluding carboxylic acids is 1. The van der Waals surface area contributed by atoms with Crippen LogP contribution >= 0.6 is 0 Å². The fraction of sp³-hybridized carbons (Fsp3) is 0.471. The van der Waals surface area contributed by atoms with Gasteiger partial charge in [0.2, 0.25) is 0 Å². The Kier molecular flexibility index (Phi) is 5.20. The van der Waals surface area contributed by atoms with Crippen molar-refractivity contribution in [2.75, 3.05) is 19.6 Å². The van der Waals surface area contributed by atoms with Gasteiger partial charge in [-0.25, -0.2) is 0 Å². The van der Waals surface area contributed by atoms with Gasteiger partial charge in [-0.2, -0.15) is 0 Å². The maximum absolute atomic E-state index is 12.7. The van der Waals surface area contributed by atoms with Gasteiger partial charge in [0.1, 0.15) is 0 Å². The molecule has 0 saturated carbocycles. The average Bonchev–Trinajstić information content (AvgIpc) is 2.69. The van der Waals surface area contributed by atoms with E-state index >= 15 is 0 Å². The molecule has 20 heavy (non-hydrogen) atoms. The van der Waals surface area contributed by atoms with Gasteiger partial charge in [0.05, 0.1) is 12.1 Å². The summed E-state index contributed by atoms with van der Waals surface area (Å²) in [6.07, 6.45) is 3.38. The Hall–Kier alpha value is -1.79. The average molecular weight is 270 g/mol. The first-order valence-corrected chi connectivity index (χ1v) is 7.29. The monoisotopic (exact) mass is 270 g/mol. The number of hydrogen-bond donors (Lipinski definition) is 1. The van der Waals surface area contributed by atoms with Crippen molar-refractivity contribution in [1.29, 1.82) is 0 Å². The van der Waals surface area contributed by atoms with Gasteiger partial charge in [-0.15, -0.1) is 0 Å². The zero-order chi connectivity index (χ0) is 14.4. The molecular formula is C17H22N2O. The Labute approximate surface area is 121 Å². The van der Waals surface area contributed by atoms with E-state index in [1.165, 1.54) is 6.42 Å². The van der Waals surface area contributed by atoms with Gasteiger partial charge in [-0.1, -0.05) is 30.9 Å². The molecular weight excluding hydrogens is 248 g/mol. The SMILES string of the molecule is CC1CCCN(C(=O)c2ccccc2C#CCN)CC1. The molecule has 3 heteroatoms. The first-order chi connectivity index (χ1) is 9.72. The van der Waals surface area contributed by atoms with Crippen LogP contribution < -0.4 is 5.73 Å². The molecule has 1 fully saturated rings. The molecule has 1 saturated heterocycles. The molecule has 1 atom stereocenters. The van der Waals surface area contributed by atoms with Crippen LogP contribution in [0.15, 0.2) is 24.3 Å². The molecule has 1 aliphatic heterocycles. The summed E-state index contributed by atoms with van der Waals surface area (Å²) in [5, 5.41) is 0. The summed E-state index contributed by atoms with van der Waals surface area (Å²) in [5.41, 5.74) is 6.89. The summed E-state index contributed by atoms with van der Waals surface area (Å²) in [6, 6.07) is 7.54. The molecule has 0 bridgehead atoms. The summed E-state index contributed by atoms with van der Waals surface area (Å²) in [4.78, 5) is 14.6. The summed E-state index contributed by atoms with van der Waals surface area (Å²) in [7, 11) is 0. The number of rotatable bonds is 1. The molecule has 0 radical (unpaired) electrons. The van der Waals surface area contributed by atoms with Crippen LogP contribution in [0, 0.1) is 17.8 Å². The minimum absolute atomic E-state index is 0.0982. The second-order valence-electron chi connectivity index (χ2n) is 5.38. The standard InChI is InChI=1S/C17H22N2O/c1-14-6-5-12-19(13-10-14)17(20)16-9-3-2-7-15(16)8-4-11-18/h2-3,7,9,14H,5-6,10-13,18H2,1H3. The molecule has 1 amide bonds. The maximum Gasteiger partial charge on any atom is 0.255 e. The Morgan fingerprint density at radius 3 is 2.95 bits per heavy atom. The van der Waals surface area contributed by atoms with Crippen LogP contribution in [0.25, 0.3) is 0 Å². The molecule has 106 valence electrons. The molecule has 1 aliphatic rings. The number of carbonyl (C=O) groups is 1. The summed E-state index contributed by atoms with van der Waals surface area (Å²) >= 11 is 0. The Balaban J connectivity index is 2.20. The molecule has 0 aromatic heterocycles. The minimum Gasteiger partial charge on any atom is -0.339 e. The first-order valence-electron chi connectivity index (χ1n) is 7.29. The van der Waals surface area contributed by atoms with E-state index in [0.717, 1.165) is 31.5 Å². The zero-order valence-electron chi connectivity index (χ0n) is 12.1. The van der Waals surface area contributed by atoms with Crippen LogP contribution in [-0.2, 0) is 0 Å². The third kappa shape index (κ3) is 3.61. The van der Waals surface area contributed by atoms with E-state index in [2.05, 4.69) is 18.8 Å². The first kappa shape index (κ1) is 14.6. The van der Waals surface area contributed by atoms with Crippen molar-refractivity contribution in [2.24, 2.45) is 11.7 Å². The lowest BCUT2D eigenvalue weighted by atomic mass is 10.0. The number of benzene rings is 1. The van der Waals surface area contributed by atoms with Gasteiger partial charge in [0, 0.05) is 18.7 Å². The van der Waals surface area contributed by atoms with Crippen molar-refractivity contribution >= 4 is 5.91 Å². The smallest absolute Gasteiger partial charge is 0.255 e. The second kappa shape index (κ2) is 7.12. The number of likely N-dealkylation sites (tertiary alicyclic amines) is 1. The highest BCUT2D eigenvalue weighted by Gasteiger charge is 2.21. The lowest BCUT2D eigenvalue weighted by Gasteiger charge is -2.21. The van der Waals surface area contributed by atoms with Gasteiger partial charge in [0.15, 0.2) is 0 Å². The highest BCUT2D eigenvalue weighted by atomic mass is 16.2. The van der Waals surface area contributed by atoms with Crippen molar-refractivity contribution < 1.29 is 4.79 Å². The largest absolute Gasteiger partial charge is 0.339 e. The van der Waals surface area contributed by atoms with Crippen molar-refractivity contribution in [3.8, 4) is 11.8 Å². The van der Waals surface area contributed by atoms with Crippen LogP contribution in [0.2, 0.25) is 0 Å². The van der Waals surface area contributed by atoms with E-state index in [9.17, 15) is 4.79 Å². The molecule has 2 N–H and O–H groups in total. The molecule has 1 unspecified atom stereocenters. The molecule has 2 rings (SSSR count). The highest BCUT2D eigenvalue weighted by Crippen LogP contribution is 2.19. The van der Waals surface area contributed by atoms with Gasteiger partial charge >= 0.3 is 0 Å². The number of hydrogen-bond acceptors (Lipinski definition) is 2. The molecule has 0 spiro atoms. The molecule has 0 aliphatic carbocycles. The molecule has 1 aromatic carbocycles. The topological polar surface area (TPSA) is 46.3 Å². The van der Waals surface area contributed by atoms with Crippen LogP contribution in [0.3, 0.4) is 0 Å². The lowest BCUT2D eigenvalue weighted by Crippen LogP contribution is -2.32. The molecule has 1 aromatic rings. The zero-order valence-corrected chi connectivity index (χ0v) is 12.1. The number of nitrogens with zero attached hydrogens (tertiary/aromatic N) is 1. The third-order valence-corrected chi connectivity index (χ3v) is 3.79. The van der Waals surface area contributed by atoms with Crippen molar-refractivity contribution in [2.45, 2.75) is 26.2 Å². The van der Waals surface area contributed by atoms with Crippen molar-refractivity contribution in [1.82, 2.24) is 4.90 Å². The Bertz CT molecular complexity index is 527. The summed E-state index contributed by atoms with van der Waals surface area (Å²) < 4.78 is 0. The van der Waals surface area contributed by atoms with Crippen LogP contribution in [0.4, 0.5) is 0 Å². The predicted octanol–water partition coefficient (Wildman–Crippen LogP) is 2.26. The maximum atomic E-state index is 12.7. The highest BCUT2D eigenvalue weighted by molar-refractivity contribution is 5.96. The normalized spacial score (nSPS) is 18.9. The Morgan fingerprint density at radius 2 is 2.15 bits per heavy atom. The van der Waals surface area contributed by atoms with E-state index in [-0.39, 0.29) is 5.91 Å². The van der Waals surface area contributed by atoms with Gasteiger partial charge in [-0.05, 0) is 37.3 Å². The van der Waals surface area contributed by atoms with Crippen LogP contribution in [-0.4, -0.2) is 30.4 Å². The van der Waals surface area contributed by atoms with Crippen LogP contribution in [0.5, 0.6) is 0 Å². The van der Waals surface area contributed by atoms with Gasteiger partial charge in [0.25, 0.3) is 5.91 Å². The quantitative estimate of drug-likeness (QED) is 0.796. The van der Waals surface area contributed by atoms with E-state index in [1.807, 2.05) is 29.2 Å². The van der Waals surface area contributed by atoms with Gasteiger partial charge in [-0.3, -0.25) is 4.79 Å². The Morgan fingerprint density at radius 1 is 1.35 bits per heavy atom. The third-order valence-electron chi connectivity index (χ3n) is 3.79. The fourth-order valence-corrected chi connectivity index (χ4v) is 2.56. The van der Waals surface area contributed by atoms with Crippen LogP contribution in [0.1, 0.15) is 42.1 Å². The minimum atomic E-state index is 0.0982. The van der Waals surface area contributed by atoms with E-state index < -0.39 is 0 Å². The predicted molar refractivity (Wildman–Crippen MR) is 81.3 cm³/mol. The summed E-state index contributed by atoms with van der Waals surface area (Å²) in [6.45, 7) is 4.26. The summed E-state index contributed by atoms with van der Waals surface area (Å²) in [5.74, 6) is 6.63. The van der Waals surface area contributed by atoms with Gasteiger partial charge < -0.3 is 10.6 Å². The second-order valence-corrected chi connectivity index (χ2v) is 5.38. The molecule has 1 heterocycles. The number of nitrogens with two attached hydrogens (primary N) is 1. The van der Waals surface area contributed by atoms with Crippen molar-refractivity contribution in [3.05, 3.63) is 35.4 Å². The number of amides is 1.